The summed E-state index contributed by atoms with van der Waals surface area (Å²) in [4.78, 5) is 12.4. The number of hydrogen-bond donors (Lipinski definition) is 2. The number of carbonyl (C=O) groups is 1. The van der Waals surface area contributed by atoms with Crippen LogP contribution < -0.4 is 10.6 Å². The minimum absolute atomic E-state index is 0.173. The van der Waals surface area contributed by atoms with E-state index < -0.39 is 0 Å². The Kier molecular flexibility index (Phi) is 2.73. The molecule has 0 unspecified atom stereocenters. The molecule has 0 saturated heterocycles. The van der Waals surface area contributed by atoms with Crippen LogP contribution in [0.3, 0.4) is 0 Å². The van der Waals surface area contributed by atoms with Crippen molar-refractivity contribution in [2.75, 3.05) is 10.6 Å². The molecule has 21 heavy (non-hydrogen) atoms. The summed E-state index contributed by atoms with van der Waals surface area (Å²) in [6.45, 7) is 0. The summed E-state index contributed by atoms with van der Waals surface area (Å²) < 4.78 is 4.78. The van der Waals surface area contributed by atoms with E-state index in [1.807, 2.05) is 30.3 Å². The SMILES string of the molecule is O=C1CCCC2=C1[C@@H](c1ccccc1)Nc1nonc1N2. The summed E-state index contributed by atoms with van der Waals surface area (Å²) in [6, 6.07) is 9.66. The van der Waals surface area contributed by atoms with Crippen molar-refractivity contribution >= 4 is 17.4 Å². The molecule has 1 aromatic heterocycles. The van der Waals surface area contributed by atoms with Crippen LogP contribution >= 0.6 is 0 Å². The van der Waals surface area contributed by atoms with Gasteiger partial charge < -0.3 is 10.6 Å². The fourth-order valence-corrected chi connectivity index (χ4v) is 2.94. The van der Waals surface area contributed by atoms with Gasteiger partial charge in [0.05, 0.1) is 6.04 Å². The highest BCUT2D eigenvalue weighted by atomic mass is 16.6. The summed E-state index contributed by atoms with van der Waals surface area (Å²) in [5.41, 5.74) is 2.73. The summed E-state index contributed by atoms with van der Waals surface area (Å²) in [5, 5.41) is 14.2. The number of Topliss-reactive ketones (excluding diaryl/α,β-unsaturated/α-hetero) is 1. The lowest BCUT2D eigenvalue weighted by atomic mass is 9.87. The Labute approximate surface area is 121 Å². The van der Waals surface area contributed by atoms with Crippen molar-refractivity contribution in [3.05, 3.63) is 47.2 Å². The molecule has 6 nitrogen and oxygen atoms in total. The topological polar surface area (TPSA) is 80.1 Å². The third-order valence-corrected chi connectivity index (χ3v) is 3.92. The maximum absolute atomic E-state index is 12.4. The first-order valence-corrected chi connectivity index (χ1v) is 7.00. The fourth-order valence-electron chi connectivity index (χ4n) is 2.94. The molecular weight excluding hydrogens is 268 g/mol. The van der Waals surface area contributed by atoms with Crippen molar-refractivity contribution in [2.24, 2.45) is 0 Å². The Morgan fingerprint density at radius 3 is 2.76 bits per heavy atom. The van der Waals surface area contributed by atoms with Crippen LogP contribution in [-0.4, -0.2) is 16.1 Å². The number of ketones is 1. The third kappa shape index (κ3) is 1.99. The summed E-state index contributed by atoms with van der Waals surface area (Å²) >= 11 is 0. The van der Waals surface area contributed by atoms with E-state index in [2.05, 4.69) is 20.9 Å². The number of allylic oxidation sites excluding steroid dienone is 1. The third-order valence-electron chi connectivity index (χ3n) is 3.92. The molecule has 2 N–H and O–H groups in total. The van der Waals surface area contributed by atoms with Gasteiger partial charge in [-0.15, -0.1) is 0 Å². The predicted molar refractivity (Wildman–Crippen MR) is 76.6 cm³/mol. The Morgan fingerprint density at radius 1 is 1.10 bits per heavy atom. The number of aromatic nitrogens is 2. The number of nitrogens with one attached hydrogen (secondary N) is 2. The van der Waals surface area contributed by atoms with Crippen molar-refractivity contribution in [2.45, 2.75) is 25.3 Å². The molecule has 2 aromatic rings. The Hall–Kier alpha value is -2.63. The minimum atomic E-state index is -0.227. The Balaban J connectivity index is 1.87. The standard InChI is InChI=1S/C15H14N4O2/c20-11-8-4-7-10-12(11)13(9-5-2-1-3-6-9)17-15-14(16-10)18-21-19-15/h1-3,5-6,13H,4,7-8H2,(H,16,18)(H,17,19)/t13-/m1/s1. The fraction of sp³-hybridized carbons (Fsp3) is 0.267. The van der Waals surface area contributed by atoms with Crippen LogP contribution in [0.1, 0.15) is 30.9 Å². The number of nitrogens with zero attached hydrogens (tertiary/aromatic N) is 2. The average Bonchev–Trinajstić information content (AvgIpc) is 2.87. The maximum Gasteiger partial charge on any atom is 0.219 e. The normalized spacial score (nSPS) is 21.0. The molecule has 2 heterocycles. The smallest absolute Gasteiger partial charge is 0.219 e. The van der Waals surface area contributed by atoms with Gasteiger partial charge in [0, 0.05) is 17.7 Å². The zero-order valence-electron chi connectivity index (χ0n) is 11.3. The molecule has 1 aliphatic carbocycles. The zero-order chi connectivity index (χ0) is 14.2. The van der Waals surface area contributed by atoms with Crippen molar-refractivity contribution in [1.29, 1.82) is 0 Å². The van der Waals surface area contributed by atoms with E-state index in [-0.39, 0.29) is 11.8 Å². The summed E-state index contributed by atoms with van der Waals surface area (Å²) in [5.74, 6) is 1.24. The molecule has 2 aliphatic rings. The zero-order valence-corrected chi connectivity index (χ0v) is 11.3. The van der Waals surface area contributed by atoms with Gasteiger partial charge in [0.1, 0.15) is 0 Å². The first-order valence-electron chi connectivity index (χ1n) is 7.00. The van der Waals surface area contributed by atoms with Crippen molar-refractivity contribution in [1.82, 2.24) is 10.3 Å². The average molecular weight is 282 g/mol. The first-order chi connectivity index (χ1) is 10.3. The van der Waals surface area contributed by atoms with Gasteiger partial charge in [-0.2, -0.15) is 0 Å². The number of fused-ring (bicyclic) bond motifs is 1. The van der Waals surface area contributed by atoms with Gasteiger partial charge in [-0.05, 0) is 28.7 Å². The van der Waals surface area contributed by atoms with Crippen molar-refractivity contribution < 1.29 is 9.42 Å². The lowest BCUT2D eigenvalue weighted by Crippen LogP contribution is -2.23. The minimum Gasteiger partial charge on any atom is -0.353 e. The molecule has 1 aromatic carbocycles. The monoisotopic (exact) mass is 282 g/mol. The van der Waals surface area contributed by atoms with Gasteiger partial charge in [0.25, 0.3) is 0 Å². The van der Waals surface area contributed by atoms with Gasteiger partial charge in [-0.25, -0.2) is 4.63 Å². The highest BCUT2D eigenvalue weighted by molar-refractivity contribution is 6.00. The molecule has 106 valence electrons. The number of benzene rings is 1. The Morgan fingerprint density at radius 2 is 1.90 bits per heavy atom. The lowest BCUT2D eigenvalue weighted by Gasteiger charge is -2.24. The van der Waals surface area contributed by atoms with E-state index in [0.717, 1.165) is 29.7 Å². The van der Waals surface area contributed by atoms with E-state index in [9.17, 15) is 4.79 Å². The van der Waals surface area contributed by atoms with E-state index in [1.54, 1.807) is 0 Å². The lowest BCUT2D eigenvalue weighted by molar-refractivity contribution is -0.116. The number of rotatable bonds is 1. The van der Waals surface area contributed by atoms with Gasteiger partial charge in [-0.3, -0.25) is 4.79 Å². The van der Waals surface area contributed by atoms with Crippen LogP contribution in [0, 0.1) is 0 Å². The van der Waals surface area contributed by atoms with Crippen LogP contribution in [-0.2, 0) is 4.79 Å². The van der Waals surface area contributed by atoms with E-state index >= 15 is 0 Å². The highest BCUT2D eigenvalue weighted by Gasteiger charge is 2.33. The quantitative estimate of drug-likeness (QED) is 0.837. The second-order valence-electron chi connectivity index (χ2n) is 5.24. The van der Waals surface area contributed by atoms with Crippen LogP contribution in [0.25, 0.3) is 0 Å². The molecular formula is C15H14N4O2. The molecule has 4 rings (SSSR count). The molecule has 0 amide bonds. The number of anilines is 2. The van der Waals surface area contributed by atoms with Crippen LogP contribution in [0.4, 0.5) is 11.6 Å². The van der Waals surface area contributed by atoms with E-state index in [0.29, 0.717) is 18.1 Å². The molecule has 0 fully saturated rings. The Bertz CT molecular complexity index is 720. The second kappa shape index (κ2) is 4.73. The molecule has 1 aliphatic heterocycles. The molecule has 0 spiro atoms. The predicted octanol–water partition coefficient (Wildman–Crippen LogP) is 2.66. The summed E-state index contributed by atoms with van der Waals surface area (Å²) in [7, 11) is 0. The number of hydrogen-bond acceptors (Lipinski definition) is 6. The van der Waals surface area contributed by atoms with Gasteiger partial charge >= 0.3 is 0 Å². The van der Waals surface area contributed by atoms with Crippen molar-refractivity contribution in [3.63, 3.8) is 0 Å². The molecule has 1 atom stereocenters. The highest BCUT2D eigenvalue weighted by Crippen LogP contribution is 2.38. The maximum atomic E-state index is 12.4. The number of carbonyl (C=O) groups excluding carboxylic acids is 1. The van der Waals surface area contributed by atoms with Crippen LogP contribution in [0.2, 0.25) is 0 Å². The van der Waals surface area contributed by atoms with Gasteiger partial charge in [-0.1, -0.05) is 30.3 Å². The molecule has 0 bridgehead atoms. The molecule has 6 heteroatoms. The largest absolute Gasteiger partial charge is 0.353 e. The van der Waals surface area contributed by atoms with E-state index in [1.165, 1.54) is 0 Å². The first kappa shape index (κ1) is 12.1. The van der Waals surface area contributed by atoms with Crippen LogP contribution in [0.5, 0.6) is 0 Å². The van der Waals surface area contributed by atoms with Gasteiger partial charge in [0.15, 0.2) is 5.78 Å². The van der Waals surface area contributed by atoms with Crippen molar-refractivity contribution in [3.8, 4) is 0 Å². The molecule has 0 radical (unpaired) electrons. The van der Waals surface area contributed by atoms with E-state index in [4.69, 9.17) is 4.63 Å². The van der Waals surface area contributed by atoms with Crippen LogP contribution in [0.15, 0.2) is 46.2 Å². The molecule has 0 saturated carbocycles. The summed E-state index contributed by atoms with van der Waals surface area (Å²) in [6.07, 6.45) is 2.27. The van der Waals surface area contributed by atoms with Gasteiger partial charge in [0.2, 0.25) is 11.6 Å². The second-order valence-corrected chi connectivity index (χ2v) is 5.24.